The maximum Gasteiger partial charge on any atom is 0.407 e. The highest BCUT2D eigenvalue weighted by Crippen LogP contribution is 2.37. The van der Waals surface area contributed by atoms with Crippen LogP contribution in [0, 0.1) is 16.7 Å². The molecule has 0 aliphatic carbocycles. The molecule has 0 saturated carbocycles. The van der Waals surface area contributed by atoms with Crippen LogP contribution in [0.3, 0.4) is 0 Å². The summed E-state index contributed by atoms with van der Waals surface area (Å²) in [5.41, 5.74) is 7.38. The van der Waals surface area contributed by atoms with Crippen molar-refractivity contribution in [3.8, 4) is 17.3 Å². The van der Waals surface area contributed by atoms with Crippen LogP contribution in [0.4, 0.5) is 13.2 Å². The molecule has 1 aromatic carbocycles. The van der Waals surface area contributed by atoms with Crippen molar-refractivity contribution in [2.24, 2.45) is 11.1 Å². The Labute approximate surface area is 161 Å². The van der Waals surface area contributed by atoms with E-state index < -0.39 is 12.2 Å². The Hall–Kier alpha value is -2.85. The van der Waals surface area contributed by atoms with Crippen molar-refractivity contribution < 1.29 is 13.2 Å². The van der Waals surface area contributed by atoms with Crippen LogP contribution >= 0.6 is 0 Å². The first-order chi connectivity index (χ1) is 13.0. The molecule has 0 radical (unpaired) electrons. The molecule has 0 spiro atoms. The van der Waals surface area contributed by atoms with Crippen LogP contribution in [0.1, 0.15) is 37.9 Å². The van der Waals surface area contributed by atoms with Crippen molar-refractivity contribution in [1.82, 2.24) is 9.55 Å². The van der Waals surface area contributed by atoms with Gasteiger partial charge in [-0.15, -0.1) is 0 Å². The summed E-state index contributed by atoms with van der Waals surface area (Å²) in [6, 6.07) is 10.3. The molecule has 28 heavy (non-hydrogen) atoms. The van der Waals surface area contributed by atoms with Crippen molar-refractivity contribution in [3.05, 3.63) is 53.7 Å². The van der Waals surface area contributed by atoms with E-state index in [1.807, 2.05) is 20.8 Å². The summed E-state index contributed by atoms with van der Waals surface area (Å²) in [7, 11) is 0. The number of nitriles is 1. The van der Waals surface area contributed by atoms with E-state index in [1.165, 1.54) is 6.20 Å². The van der Waals surface area contributed by atoms with Gasteiger partial charge in [-0.25, -0.2) is 4.98 Å². The second kappa shape index (κ2) is 6.95. The zero-order valence-electron chi connectivity index (χ0n) is 15.9. The van der Waals surface area contributed by atoms with E-state index in [0.717, 1.165) is 0 Å². The average molecular weight is 386 g/mol. The zero-order chi connectivity index (χ0) is 20.7. The number of pyridine rings is 1. The van der Waals surface area contributed by atoms with Crippen LogP contribution in [-0.2, 0) is 6.54 Å². The first-order valence-electron chi connectivity index (χ1n) is 8.83. The SMILES string of the molecule is CC(C)(C)Cn1cc(C(N)C(F)(F)F)c2ccc(-c3ccccc3C#N)nc21. The number of rotatable bonds is 3. The fourth-order valence-electron chi connectivity index (χ4n) is 3.20. The van der Waals surface area contributed by atoms with Gasteiger partial charge in [0.2, 0.25) is 0 Å². The summed E-state index contributed by atoms with van der Waals surface area (Å²) >= 11 is 0. The van der Waals surface area contributed by atoms with Crippen LogP contribution in [0.5, 0.6) is 0 Å². The van der Waals surface area contributed by atoms with Gasteiger partial charge in [-0.05, 0) is 23.6 Å². The second-order valence-electron chi connectivity index (χ2n) is 8.02. The van der Waals surface area contributed by atoms with Gasteiger partial charge in [0.05, 0.1) is 17.3 Å². The van der Waals surface area contributed by atoms with Crippen molar-refractivity contribution in [2.45, 2.75) is 39.5 Å². The Morgan fingerprint density at radius 1 is 1.14 bits per heavy atom. The van der Waals surface area contributed by atoms with E-state index in [2.05, 4.69) is 11.1 Å². The monoisotopic (exact) mass is 386 g/mol. The molecule has 2 heterocycles. The van der Waals surface area contributed by atoms with Crippen LogP contribution in [-0.4, -0.2) is 15.7 Å². The van der Waals surface area contributed by atoms with E-state index in [4.69, 9.17) is 5.73 Å². The quantitative estimate of drug-likeness (QED) is 0.674. The number of alkyl halides is 3. The fraction of sp³-hybridized carbons (Fsp3) is 0.333. The van der Waals surface area contributed by atoms with Crippen LogP contribution in [0.25, 0.3) is 22.3 Å². The van der Waals surface area contributed by atoms with Gasteiger partial charge in [-0.2, -0.15) is 18.4 Å². The van der Waals surface area contributed by atoms with Crippen molar-refractivity contribution in [3.63, 3.8) is 0 Å². The second-order valence-corrected chi connectivity index (χ2v) is 8.02. The predicted molar refractivity (Wildman–Crippen MR) is 102 cm³/mol. The highest BCUT2D eigenvalue weighted by Gasteiger charge is 2.39. The Morgan fingerprint density at radius 3 is 2.43 bits per heavy atom. The number of nitrogens with two attached hydrogens (primary N) is 1. The molecular formula is C21H21F3N4. The third kappa shape index (κ3) is 3.87. The molecule has 1 unspecified atom stereocenters. The average Bonchev–Trinajstić information content (AvgIpc) is 2.96. The number of halogens is 3. The predicted octanol–water partition coefficient (Wildman–Crippen LogP) is 5.18. The Balaban J connectivity index is 2.24. The molecule has 7 heteroatoms. The molecule has 0 aliphatic heterocycles. The molecule has 4 nitrogen and oxygen atoms in total. The van der Waals surface area contributed by atoms with Crippen LogP contribution < -0.4 is 5.73 Å². The lowest BCUT2D eigenvalue weighted by atomic mass is 9.97. The van der Waals surface area contributed by atoms with E-state index in [9.17, 15) is 18.4 Å². The summed E-state index contributed by atoms with van der Waals surface area (Å²) in [6.07, 6.45) is -3.10. The van der Waals surface area contributed by atoms with Gasteiger partial charge >= 0.3 is 6.18 Å². The minimum atomic E-state index is -4.55. The zero-order valence-corrected chi connectivity index (χ0v) is 15.9. The van der Waals surface area contributed by atoms with Crippen molar-refractivity contribution in [2.75, 3.05) is 0 Å². The first-order valence-corrected chi connectivity index (χ1v) is 8.83. The fourth-order valence-corrected chi connectivity index (χ4v) is 3.20. The largest absolute Gasteiger partial charge is 0.407 e. The van der Waals surface area contributed by atoms with E-state index in [-0.39, 0.29) is 11.0 Å². The molecule has 3 aromatic rings. The lowest BCUT2D eigenvalue weighted by molar-refractivity contribution is -0.148. The summed E-state index contributed by atoms with van der Waals surface area (Å²) in [4.78, 5) is 4.61. The van der Waals surface area contributed by atoms with Gasteiger partial charge in [0, 0.05) is 29.3 Å². The lowest BCUT2D eigenvalue weighted by Crippen LogP contribution is -2.28. The number of fused-ring (bicyclic) bond motifs is 1. The van der Waals surface area contributed by atoms with Gasteiger partial charge in [0.1, 0.15) is 11.7 Å². The molecule has 0 amide bonds. The standard InChI is InChI=1S/C21H21F3N4/c1-20(2,3)12-28-11-16(18(26)21(22,23)24)15-8-9-17(27-19(15)28)14-7-5-4-6-13(14)10-25/h4-9,11,18H,12,26H2,1-3H3. The van der Waals surface area contributed by atoms with Crippen molar-refractivity contribution in [1.29, 1.82) is 5.26 Å². The maximum atomic E-state index is 13.3. The van der Waals surface area contributed by atoms with E-state index in [1.54, 1.807) is 41.0 Å². The van der Waals surface area contributed by atoms with E-state index >= 15 is 0 Å². The van der Waals surface area contributed by atoms with Gasteiger partial charge in [-0.1, -0.05) is 39.0 Å². The Bertz CT molecular complexity index is 1050. The molecular weight excluding hydrogens is 365 g/mol. The molecule has 2 N–H and O–H groups in total. The number of benzene rings is 1. The molecule has 0 saturated heterocycles. The lowest BCUT2D eigenvalue weighted by Gasteiger charge is -2.19. The molecule has 3 rings (SSSR count). The number of hydrogen-bond acceptors (Lipinski definition) is 3. The van der Waals surface area contributed by atoms with E-state index in [0.29, 0.717) is 34.4 Å². The Morgan fingerprint density at radius 2 is 1.82 bits per heavy atom. The van der Waals surface area contributed by atoms with Gasteiger partial charge in [-0.3, -0.25) is 0 Å². The first kappa shape index (κ1) is 19.9. The molecule has 0 fully saturated rings. The topological polar surface area (TPSA) is 67.6 Å². The molecule has 0 aliphatic rings. The van der Waals surface area contributed by atoms with Crippen LogP contribution in [0.2, 0.25) is 0 Å². The number of nitrogens with zero attached hydrogens (tertiary/aromatic N) is 3. The summed E-state index contributed by atoms with van der Waals surface area (Å²) in [6.45, 7) is 6.47. The molecule has 146 valence electrons. The summed E-state index contributed by atoms with van der Waals surface area (Å²) in [5.74, 6) is 0. The summed E-state index contributed by atoms with van der Waals surface area (Å²) in [5, 5.41) is 9.71. The highest BCUT2D eigenvalue weighted by atomic mass is 19.4. The summed E-state index contributed by atoms with van der Waals surface area (Å²) < 4.78 is 41.5. The number of hydrogen-bond donors (Lipinski definition) is 1. The van der Waals surface area contributed by atoms with Gasteiger partial charge in [0.15, 0.2) is 0 Å². The minimum absolute atomic E-state index is 0.000585. The molecule has 0 bridgehead atoms. The van der Waals surface area contributed by atoms with Gasteiger partial charge in [0.25, 0.3) is 0 Å². The molecule has 1 atom stereocenters. The maximum absolute atomic E-state index is 13.3. The molecule has 2 aromatic heterocycles. The van der Waals surface area contributed by atoms with Crippen LogP contribution in [0.15, 0.2) is 42.6 Å². The minimum Gasteiger partial charge on any atom is -0.332 e. The third-order valence-electron chi connectivity index (χ3n) is 4.41. The smallest absolute Gasteiger partial charge is 0.332 e. The Kier molecular flexibility index (Phi) is 4.94. The van der Waals surface area contributed by atoms with Gasteiger partial charge < -0.3 is 10.3 Å². The normalized spacial score (nSPS) is 13.5. The third-order valence-corrected chi connectivity index (χ3v) is 4.41. The number of aromatic nitrogens is 2. The van der Waals surface area contributed by atoms with Crippen molar-refractivity contribution >= 4 is 11.0 Å². The highest BCUT2D eigenvalue weighted by molar-refractivity contribution is 5.84.